The zero-order chi connectivity index (χ0) is 20.5. The maximum Gasteiger partial charge on any atom is 0.234 e. The lowest BCUT2D eigenvalue weighted by atomic mass is 9.77. The number of benzene rings is 1. The van der Waals surface area contributed by atoms with Crippen LogP contribution in [0.1, 0.15) is 94.6 Å². The van der Waals surface area contributed by atoms with Crippen molar-refractivity contribution in [1.82, 2.24) is 9.97 Å². The summed E-state index contributed by atoms with van der Waals surface area (Å²) in [5.41, 5.74) is 2.03. The van der Waals surface area contributed by atoms with Crippen LogP contribution in [-0.2, 0) is 0 Å². The number of nitriles is 1. The molecule has 154 valence electrons. The molecule has 3 rings (SSSR count). The van der Waals surface area contributed by atoms with E-state index >= 15 is 0 Å². The summed E-state index contributed by atoms with van der Waals surface area (Å²) in [6, 6.07) is 9.96. The number of hydrogen-bond donors (Lipinski definition) is 0. The molecule has 1 fully saturated rings. The van der Waals surface area contributed by atoms with Gasteiger partial charge in [-0.3, -0.25) is 0 Å². The van der Waals surface area contributed by atoms with E-state index in [1.54, 1.807) is 6.07 Å². The highest BCUT2D eigenvalue weighted by Gasteiger charge is 2.22. The molecule has 0 atom stereocenters. The highest BCUT2D eigenvalue weighted by atomic mass is 19.1. The molecule has 1 heterocycles. The molecule has 1 aromatic heterocycles. The van der Waals surface area contributed by atoms with Crippen LogP contribution >= 0.6 is 0 Å². The van der Waals surface area contributed by atoms with Crippen molar-refractivity contribution >= 4 is 0 Å². The Labute approximate surface area is 174 Å². The number of aromatic nitrogens is 2. The predicted molar refractivity (Wildman–Crippen MR) is 115 cm³/mol. The van der Waals surface area contributed by atoms with Crippen LogP contribution in [0, 0.1) is 23.2 Å². The molecule has 4 heteroatoms. The molecule has 0 amide bonds. The van der Waals surface area contributed by atoms with E-state index in [0.717, 1.165) is 11.5 Å². The molecule has 1 aliphatic carbocycles. The van der Waals surface area contributed by atoms with Gasteiger partial charge in [-0.25, -0.2) is 4.98 Å². The van der Waals surface area contributed by atoms with Gasteiger partial charge in [-0.15, -0.1) is 0 Å². The zero-order valence-electron chi connectivity index (χ0n) is 17.5. The van der Waals surface area contributed by atoms with Gasteiger partial charge in [0.15, 0.2) is 5.82 Å². The minimum absolute atomic E-state index is 0.122. The largest absolute Gasteiger partial charge is 0.235 e. The van der Waals surface area contributed by atoms with Gasteiger partial charge in [0.25, 0.3) is 0 Å². The molecule has 0 aliphatic heterocycles. The lowest BCUT2D eigenvalue weighted by Crippen LogP contribution is -2.13. The molecule has 0 bridgehead atoms. The van der Waals surface area contributed by atoms with Crippen LogP contribution in [0.25, 0.3) is 11.4 Å². The molecule has 3 nitrogen and oxygen atoms in total. The number of nitrogens with zero attached hydrogens (tertiary/aromatic N) is 3. The molecule has 0 N–H and O–H groups in total. The van der Waals surface area contributed by atoms with Crippen LogP contribution in [0.4, 0.5) is 4.39 Å². The molecule has 0 saturated heterocycles. The number of halogens is 1. The third kappa shape index (κ3) is 6.10. The van der Waals surface area contributed by atoms with Crippen molar-refractivity contribution in [3.05, 3.63) is 47.5 Å². The van der Waals surface area contributed by atoms with Gasteiger partial charge in [0.2, 0.25) is 5.95 Å². The van der Waals surface area contributed by atoms with Crippen LogP contribution in [0.2, 0.25) is 0 Å². The first-order valence-corrected chi connectivity index (χ1v) is 11.2. The van der Waals surface area contributed by atoms with Gasteiger partial charge in [0, 0.05) is 5.56 Å². The average molecular weight is 394 g/mol. The molecule has 1 aromatic carbocycles. The summed E-state index contributed by atoms with van der Waals surface area (Å²) < 4.78 is 13.7. The minimum Gasteiger partial charge on any atom is -0.235 e. The summed E-state index contributed by atoms with van der Waals surface area (Å²) in [7, 11) is 0. The average Bonchev–Trinajstić information content (AvgIpc) is 2.77. The molecular weight excluding hydrogens is 361 g/mol. The third-order valence-electron chi connectivity index (χ3n) is 6.32. The van der Waals surface area contributed by atoms with Gasteiger partial charge < -0.3 is 0 Å². The fourth-order valence-corrected chi connectivity index (χ4v) is 4.48. The van der Waals surface area contributed by atoms with Crippen LogP contribution in [-0.4, -0.2) is 9.97 Å². The molecule has 29 heavy (non-hydrogen) atoms. The molecule has 1 aliphatic rings. The lowest BCUT2D eigenvalue weighted by molar-refractivity contribution is 0.302. The Morgan fingerprint density at radius 2 is 1.69 bits per heavy atom. The predicted octanol–water partition coefficient (Wildman–Crippen LogP) is 7.18. The Kier molecular flexibility index (Phi) is 8.16. The van der Waals surface area contributed by atoms with E-state index < -0.39 is 5.95 Å². The summed E-state index contributed by atoms with van der Waals surface area (Å²) in [4.78, 5) is 7.93. The molecule has 0 radical (unpaired) electrons. The summed E-state index contributed by atoms with van der Waals surface area (Å²) in [6.07, 6.45) is 16.2. The Balaban J connectivity index is 1.47. The summed E-state index contributed by atoms with van der Waals surface area (Å²) in [5.74, 6) is 1.11. The van der Waals surface area contributed by atoms with Gasteiger partial charge in [-0.1, -0.05) is 76.1 Å². The Morgan fingerprint density at radius 1 is 1.00 bits per heavy atom. The van der Waals surface area contributed by atoms with E-state index in [1.165, 1.54) is 82.4 Å². The molecular formula is C25H32FN3. The first-order chi connectivity index (χ1) is 14.2. The fourth-order valence-electron chi connectivity index (χ4n) is 4.48. The van der Waals surface area contributed by atoms with Crippen molar-refractivity contribution in [1.29, 1.82) is 5.26 Å². The second kappa shape index (κ2) is 11.0. The second-order valence-corrected chi connectivity index (χ2v) is 8.41. The highest BCUT2D eigenvalue weighted by Crippen LogP contribution is 2.38. The Morgan fingerprint density at radius 3 is 2.34 bits per heavy atom. The van der Waals surface area contributed by atoms with Crippen LogP contribution in [0.3, 0.4) is 0 Å². The van der Waals surface area contributed by atoms with Crippen molar-refractivity contribution < 1.29 is 4.39 Å². The molecule has 2 aromatic rings. The summed E-state index contributed by atoms with van der Waals surface area (Å²) >= 11 is 0. The lowest BCUT2D eigenvalue weighted by Gasteiger charge is -2.29. The van der Waals surface area contributed by atoms with Gasteiger partial charge >= 0.3 is 0 Å². The van der Waals surface area contributed by atoms with Crippen molar-refractivity contribution in [2.75, 3.05) is 0 Å². The first kappa shape index (κ1) is 21.4. The zero-order valence-corrected chi connectivity index (χ0v) is 17.5. The van der Waals surface area contributed by atoms with Crippen molar-refractivity contribution in [3.8, 4) is 17.5 Å². The smallest absolute Gasteiger partial charge is 0.234 e. The van der Waals surface area contributed by atoms with Crippen molar-refractivity contribution in [3.63, 3.8) is 0 Å². The van der Waals surface area contributed by atoms with E-state index in [9.17, 15) is 4.39 Å². The van der Waals surface area contributed by atoms with Crippen molar-refractivity contribution in [2.45, 2.75) is 83.5 Å². The van der Waals surface area contributed by atoms with E-state index in [0.29, 0.717) is 11.7 Å². The Hall–Kier alpha value is -2.28. The van der Waals surface area contributed by atoms with E-state index in [2.05, 4.69) is 29.0 Å². The van der Waals surface area contributed by atoms with E-state index in [1.807, 2.05) is 12.1 Å². The SMILES string of the molecule is CCCCCCCC[C@H]1CC[C@H](c2ccc(-c3ncc(C#N)c(F)n3)cc2)CC1. The maximum absolute atomic E-state index is 13.7. The molecule has 0 spiro atoms. The van der Waals surface area contributed by atoms with Gasteiger partial charge in [-0.05, 0) is 43.1 Å². The monoisotopic (exact) mass is 393 g/mol. The van der Waals surface area contributed by atoms with Crippen molar-refractivity contribution in [2.24, 2.45) is 5.92 Å². The number of hydrogen-bond acceptors (Lipinski definition) is 3. The topological polar surface area (TPSA) is 49.6 Å². The minimum atomic E-state index is -0.759. The van der Waals surface area contributed by atoms with Crippen LogP contribution in [0.5, 0.6) is 0 Å². The standard InChI is InChI=1S/C25H32FN3/c1-2-3-4-5-6-7-8-19-9-11-20(12-10-19)21-13-15-22(16-14-21)25-28-18-23(17-27)24(26)29-25/h13-16,18-20H,2-12H2,1H3/t19-,20-. The van der Waals surface area contributed by atoms with Gasteiger partial charge in [0.1, 0.15) is 11.6 Å². The molecule has 1 saturated carbocycles. The van der Waals surface area contributed by atoms with E-state index in [4.69, 9.17) is 5.26 Å². The number of rotatable bonds is 9. The molecule has 0 unspecified atom stereocenters. The van der Waals surface area contributed by atoms with Crippen LogP contribution < -0.4 is 0 Å². The maximum atomic E-state index is 13.7. The Bertz CT molecular complexity index is 802. The second-order valence-electron chi connectivity index (χ2n) is 8.41. The first-order valence-electron chi connectivity index (χ1n) is 11.2. The number of unbranched alkanes of at least 4 members (excludes halogenated alkanes) is 5. The highest BCUT2D eigenvalue weighted by molar-refractivity contribution is 5.55. The van der Waals surface area contributed by atoms with Crippen LogP contribution in [0.15, 0.2) is 30.5 Å². The summed E-state index contributed by atoms with van der Waals surface area (Å²) in [6.45, 7) is 2.27. The van der Waals surface area contributed by atoms with E-state index in [-0.39, 0.29) is 5.56 Å². The normalized spacial score (nSPS) is 19.1. The van der Waals surface area contributed by atoms with Gasteiger partial charge in [-0.2, -0.15) is 14.6 Å². The fraction of sp³-hybridized carbons (Fsp3) is 0.560. The quantitative estimate of drug-likeness (QED) is 0.335. The van der Waals surface area contributed by atoms with Gasteiger partial charge in [0.05, 0.1) is 6.20 Å². The third-order valence-corrected chi connectivity index (χ3v) is 6.32. The summed E-state index contributed by atoms with van der Waals surface area (Å²) in [5, 5.41) is 8.80.